The largest absolute Gasteiger partial charge is 0.473 e. The van der Waals surface area contributed by atoms with E-state index in [4.69, 9.17) is 4.74 Å². The Balaban J connectivity index is 1.87. The van der Waals surface area contributed by atoms with Crippen molar-refractivity contribution in [2.24, 2.45) is 0 Å². The van der Waals surface area contributed by atoms with E-state index in [0.717, 1.165) is 22.4 Å². The molecule has 2 amide bonds. The van der Waals surface area contributed by atoms with Crippen molar-refractivity contribution in [3.05, 3.63) is 35.2 Å². The second-order valence-electron chi connectivity index (χ2n) is 4.41. The van der Waals surface area contributed by atoms with Crippen molar-refractivity contribution in [1.29, 1.82) is 0 Å². The summed E-state index contributed by atoms with van der Waals surface area (Å²) in [5.74, 6) is 1.08. The van der Waals surface area contributed by atoms with Gasteiger partial charge >= 0.3 is 6.03 Å². The smallest absolute Gasteiger partial charge is 0.324 e. The Bertz CT molecular complexity index is 595. The summed E-state index contributed by atoms with van der Waals surface area (Å²) in [7, 11) is 0. The molecule has 1 aromatic heterocycles. The van der Waals surface area contributed by atoms with Crippen LogP contribution in [0.15, 0.2) is 18.5 Å². The highest BCUT2D eigenvalue weighted by Gasteiger charge is 2.07. The van der Waals surface area contributed by atoms with Gasteiger partial charge in [0.2, 0.25) is 5.95 Å². The van der Waals surface area contributed by atoms with E-state index in [9.17, 15) is 4.79 Å². The lowest BCUT2D eigenvalue weighted by Crippen LogP contribution is -2.32. The fraction of sp³-hybridized carbons (Fsp3) is 0.308. The van der Waals surface area contributed by atoms with Gasteiger partial charge in [0.15, 0.2) is 6.73 Å². The van der Waals surface area contributed by atoms with Crippen molar-refractivity contribution in [2.45, 2.75) is 20.8 Å². The van der Waals surface area contributed by atoms with E-state index >= 15 is 0 Å². The van der Waals surface area contributed by atoms with Crippen molar-refractivity contribution >= 4 is 12.0 Å². The van der Waals surface area contributed by atoms with E-state index in [2.05, 4.69) is 25.8 Å². The summed E-state index contributed by atoms with van der Waals surface area (Å²) in [5.41, 5.74) is 3.25. The molecule has 7 nitrogen and oxygen atoms in total. The highest BCUT2D eigenvalue weighted by Crippen LogP contribution is 2.25. The Morgan fingerprint density at radius 1 is 1.30 bits per heavy atom. The van der Waals surface area contributed by atoms with Crippen molar-refractivity contribution in [3.8, 4) is 5.75 Å². The molecule has 1 aromatic carbocycles. The van der Waals surface area contributed by atoms with Gasteiger partial charge in [-0.25, -0.2) is 9.89 Å². The number of H-pyrrole nitrogens is 1. The van der Waals surface area contributed by atoms with Gasteiger partial charge in [0, 0.05) is 0 Å². The van der Waals surface area contributed by atoms with Crippen molar-refractivity contribution in [3.63, 3.8) is 0 Å². The third-order valence-corrected chi connectivity index (χ3v) is 2.97. The fourth-order valence-electron chi connectivity index (χ4n) is 1.74. The Hall–Kier alpha value is -2.57. The molecule has 0 saturated carbocycles. The number of aromatic amines is 1. The molecule has 106 valence electrons. The van der Waals surface area contributed by atoms with Gasteiger partial charge in [0.25, 0.3) is 0 Å². The summed E-state index contributed by atoms with van der Waals surface area (Å²) in [6, 6.07) is 3.62. The van der Waals surface area contributed by atoms with Gasteiger partial charge in [0.1, 0.15) is 12.1 Å². The van der Waals surface area contributed by atoms with Crippen LogP contribution in [-0.4, -0.2) is 27.9 Å². The van der Waals surface area contributed by atoms with Crippen LogP contribution < -0.4 is 15.4 Å². The number of aromatic nitrogens is 3. The Morgan fingerprint density at radius 3 is 2.75 bits per heavy atom. The highest BCUT2D eigenvalue weighted by molar-refractivity contribution is 5.87. The number of anilines is 1. The lowest BCUT2D eigenvalue weighted by molar-refractivity contribution is 0.234. The summed E-state index contributed by atoms with van der Waals surface area (Å²) in [6.45, 7) is 6.05. The van der Waals surface area contributed by atoms with Crippen molar-refractivity contribution < 1.29 is 9.53 Å². The predicted molar refractivity (Wildman–Crippen MR) is 74.7 cm³/mol. The lowest BCUT2D eigenvalue weighted by Gasteiger charge is -2.14. The number of benzene rings is 1. The zero-order chi connectivity index (χ0) is 14.5. The number of ether oxygens (including phenoxy) is 1. The minimum atomic E-state index is -0.412. The minimum absolute atomic E-state index is 0.0745. The molecular weight excluding hydrogens is 258 g/mol. The lowest BCUT2D eigenvalue weighted by atomic mass is 10.1. The number of nitrogens with one attached hydrogen (secondary N) is 3. The predicted octanol–water partition coefficient (Wildman–Crippen LogP) is 1.89. The maximum Gasteiger partial charge on any atom is 0.324 e. The molecule has 0 aliphatic carbocycles. The van der Waals surface area contributed by atoms with Crippen LogP contribution in [0, 0.1) is 20.8 Å². The average Bonchev–Trinajstić information content (AvgIpc) is 2.91. The molecule has 0 fully saturated rings. The Labute approximate surface area is 116 Å². The van der Waals surface area contributed by atoms with Crippen molar-refractivity contribution in [2.75, 3.05) is 12.0 Å². The number of aryl methyl sites for hydroxylation is 2. The molecule has 0 saturated heterocycles. The van der Waals surface area contributed by atoms with Crippen LogP contribution in [0.5, 0.6) is 5.75 Å². The molecule has 7 heteroatoms. The van der Waals surface area contributed by atoms with Gasteiger partial charge in [-0.15, -0.1) is 0 Å². The van der Waals surface area contributed by atoms with Crippen LogP contribution in [0.2, 0.25) is 0 Å². The number of rotatable bonds is 4. The molecule has 20 heavy (non-hydrogen) atoms. The number of hydrogen-bond acceptors (Lipinski definition) is 4. The first-order valence-electron chi connectivity index (χ1n) is 6.17. The van der Waals surface area contributed by atoms with E-state index in [-0.39, 0.29) is 12.7 Å². The molecule has 2 aromatic rings. The number of hydrogen-bond donors (Lipinski definition) is 3. The monoisotopic (exact) mass is 275 g/mol. The van der Waals surface area contributed by atoms with Crippen LogP contribution in [0.3, 0.4) is 0 Å². The number of amides is 2. The molecule has 0 radical (unpaired) electrons. The zero-order valence-electron chi connectivity index (χ0n) is 11.7. The van der Waals surface area contributed by atoms with Gasteiger partial charge in [-0.2, -0.15) is 10.1 Å². The number of carbonyl (C=O) groups excluding carboxylic acids is 1. The summed E-state index contributed by atoms with van der Waals surface area (Å²) >= 11 is 0. The molecule has 2 rings (SSSR count). The third kappa shape index (κ3) is 3.25. The first-order chi connectivity index (χ1) is 9.58. The van der Waals surface area contributed by atoms with E-state index in [1.54, 1.807) is 0 Å². The van der Waals surface area contributed by atoms with Gasteiger partial charge < -0.3 is 10.1 Å². The summed E-state index contributed by atoms with van der Waals surface area (Å²) < 4.78 is 5.62. The van der Waals surface area contributed by atoms with Gasteiger partial charge in [-0.3, -0.25) is 5.32 Å². The third-order valence-electron chi connectivity index (χ3n) is 2.97. The Morgan fingerprint density at radius 2 is 2.05 bits per heavy atom. The van der Waals surface area contributed by atoms with Crippen LogP contribution in [-0.2, 0) is 0 Å². The number of nitrogens with zero attached hydrogens (tertiary/aromatic N) is 2. The van der Waals surface area contributed by atoms with Crippen LogP contribution >= 0.6 is 0 Å². The van der Waals surface area contributed by atoms with Crippen LogP contribution in [0.4, 0.5) is 10.7 Å². The average molecular weight is 275 g/mol. The van der Waals surface area contributed by atoms with Crippen LogP contribution in [0.25, 0.3) is 0 Å². The topological polar surface area (TPSA) is 91.9 Å². The van der Waals surface area contributed by atoms with Gasteiger partial charge in [-0.05, 0) is 37.5 Å². The molecular formula is C13H17N5O2. The number of carbonyl (C=O) groups is 1. The first kappa shape index (κ1) is 13.9. The van der Waals surface area contributed by atoms with Gasteiger partial charge in [0.05, 0.1) is 0 Å². The first-order valence-corrected chi connectivity index (χ1v) is 6.17. The highest BCUT2D eigenvalue weighted by atomic mass is 16.5. The second-order valence-corrected chi connectivity index (χ2v) is 4.41. The van der Waals surface area contributed by atoms with Gasteiger partial charge in [-0.1, -0.05) is 12.1 Å². The molecule has 0 spiro atoms. The normalized spacial score (nSPS) is 10.2. The van der Waals surface area contributed by atoms with E-state index < -0.39 is 6.03 Å². The van der Waals surface area contributed by atoms with E-state index in [0.29, 0.717) is 0 Å². The summed E-state index contributed by atoms with van der Waals surface area (Å²) in [6.07, 6.45) is 1.31. The molecule has 0 aliphatic heterocycles. The summed E-state index contributed by atoms with van der Waals surface area (Å²) in [5, 5.41) is 11.2. The van der Waals surface area contributed by atoms with Crippen molar-refractivity contribution in [1.82, 2.24) is 20.5 Å². The Kier molecular flexibility index (Phi) is 4.19. The van der Waals surface area contributed by atoms with E-state index in [1.807, 2.05) is 32.9 Å². The maximum absolute atomic E-state index is 11.5. The molecule has 0 bridgehead atoms. The quantitative estimate of drug-likeness (QED) is 0.743. The summed E-state index contributed by atoms with van der Waals surface area (Å²) in [4.78, 5) is 15.3. The van der Waals surface area contributed by atoms with Crippen LogP contribution in [0.1, 0.15) is 16.7 Å². The SMILES string of the molecule is Cc1ccc(C)c(OCNC(=O)Nc2ncn[nH]2)c1C. The fourth-order valence-corrected chi connectivity index (χ4v) is 1.74. The maximum atomic E-state index is 11.5. The molecule has 3 N–H and O–H groups in total. The second kappa shape index (κ2) is 6.05. The molecule has 1 heterocycles. The van der Waals surface area contributed by atoms with E-state index in [1.165, 1.54) is 6.33 Å². The molecule has 0 aliphatic rings. The minimum Gasteiger partial charge on any atom is -0.473 e. The molecule has 0 unspecified atom stereocenters. The molecule has 0 atom stereocenters. The standard InChI is InChI=1S/C13H17N5O2/c1-8-4-5-9(2)11(10(8)3)20-7-15-13(19)17-12-14-6-16-18-12/h4-6H,7H2,1-3H3,(H3,14,15,16,17,18,19). The zero-order valence-corrected chi connectivity index (χ0v) is 11.7. The number of urea groups is 1.